The van der Waals surface area contributed by atoms with E-state index < -0.39 is 0 Å². The molecule has 1 heterocycles. The molecule has 0 amide bonds. The van der Waals surface area contributed by atoms with E-state index >= 15 is 0 Å². The maximum Gasteiger partial charge on any atom is 0.126 e. The van der Waals surface area contributed by atoms with Crippen LogP contribution in [-0.2, 0) is 11.2 Å². The van der Waals surface area contributed by atoms with Crippen molar-refractivity contribution in [1.29, 1.82) is 0 Å². The molecule has 1 aliphatic carbocycles. The molecule has 0 unspecified atom stereocenters. The topological polar surface area (TPSA) is 17.1 Å². The van der Waals surface area contributed by atoms with Crippen LogP contribution < -0.4 is 0 Å². The van der Waals surface area contributed by atoms with E-state index in [1.165, 1.54) is 0 Å². The summed E-state index contributed by atoms with van der Waals surface area (Å²) in [4.78, 5) is 11.8. The monoisotopic (exact) mass is 200 g/mol. The van der Waals surface area contributed by atoms with Crippen LogP contribution in [0.4, 0.5) is 0 Å². The van der Waals surface area contributed by atoms with Crippen molar-refractivity contribution in [2.24, 2.45) is 5.41 Å². The summed E-state index contributed by atoms with van der Waals surface area (Å²) >= 11 is 7.57. The standard InChI is InChI=1S/C9H9ClOS/c10-7-1-4-12-8(7)5-9(6-11)2-3-9/h1,4,6H,2-3,5H2. The van der Waals surface area contributed by atoms with Crippen LogP contribution in [0.2, 0.25) is 5.02 Å². The van der Waals surface area contributed by atoms with Gasteiger partial charge in [0, 0.05) is 10.3 Å². The van der Waals surface area contributed by atoms with Gasteiger partial charge in [-0.15, -0.1) is 11.3 Å². The Hall–Kier alpha value is -0.340. The van der Waals surface area contributed by atoms with Crippen molar-refractivity contribution in [1.82, 2.24) is 0 Å². The molecule has 0 radical (unpaired) electrons. The number of thiophene rings is 1. The number of aldehydes is 1. The van der Waals surface area contributed by atoms with E-state index in [1.54, 1.807) is 11.3 Å². The number of hydrogen-bond donors (Lipinski definition) is 0. The van der Waals surface area contributed by atoms with Crippen LogP contribution >= 0.6 is 22.9 Å². The third-order valence-corrected chi connectivity index (χ3v) is 3.73. The molecule has 0 spiro atoms. The van der Waals surface area contributed by atoms with E-state index in [9.17, 15) is 4.79 Å². The zero-order chi connectivity index (χ0) is 8.60. The van der Waals surface area contributed by atoms with Crippen LogP contribution in [0.1, 0.15) is 17.7 Å². The van der Waals surface area contributed by atoms with Crippen LogP contribution in [0.5, 0.6) is 0 Å². The Morgan fingerprint density at radius 3 is 2.83 bits per heavy atom. The molecule has 64 valence electrons. The highest BCUT2D eigenvalue weighted by molar-refractivity contribution is 7.10. The van der Waals surface area contributed by atoms with Gasteiger partial charge in [0.1, 0.15) is 6.29 Å². The summed E-state index contributed by atoms with van der Waals surface area (Å²) in [6.45, 7) is 0. The van der Waals surface area contributed by atoms with Gasteiger partial charge in [-0.05, 0) is 30.7 Å². The van der Waals surface area contributed by atoms with Gasteiger partial charge < -0.3 is 4.79 Å². The van der Waals surface area contributed by atoms with E-state index in [4.69, 9.17) is 11.6 Å². The van der Waals surface area contributed by atoms with Gasteiger partial charge in [-0.2, -0.15) is 0 Å². The SMILES string of the molecule is O=CC1(Cc2sccc2Cl)CC1. The largest absolute Gasteiger partial charge is 0.303 e. The van der Waals surface area contributed by atoms with Gasteiger partial charge in [0.2, 0.25) is 0 Å². The summed E-state index contributed by atoms with van der Waals surface area (Å²) in [6, 6.07) is 1.89. The lowest BCUT2D eigenvalue weighted by molar-refractivity contribution is -0.112. The molecule has 1 fully saturated rings. The number of carbonyl (C=O) groups is 1. The highest BCUT2D eigenvalue weighted by atomic mass is 35.5. The molecule has 0 atom stereocenters. The third kappa shape index (κ3) is 1.41. The molecule has 12 heavy (non-hydrogen) atoms. The minimum Gasteiger partial charge on any atom is -0.303 e. The van der Waals surface area contributed by atoms with Crippen molar-refractivity contribution >= 4 is 29.2 Å². The average Bonchev–Trinajstić information content (AvgIpc) is 2.74. The van der Waals surface area contributed by atoms with E-state index in [0.29, 0.717) is 0 Å². The molecule has 0 aliphatic heterocycles. The van der Waals surface area contributed by atoms with Crippen molar-refractivity contribution < 1.29 is 4.79 Å². The lowest BCUT2D eigenvalue weighted by Crippen LogP contribution is -2.04. The first kappa shape index (κ1) is 8.27. The summed E-state index contributed by atoms with van der Waals surface area (Å²) in [6.07, 6.45) is 3.99. The number of rotatable bonds is 3. The van der Waals surface area contributed by atoms with Crippen LogP contribution in [0, 0.1) is 5.41 Å². The van der Waals surface area contributed by atoms with Crippen LogP contribution in [-0.4, -0.2) is 6.29 Å². The van der Waals surface area contributed by atoms with Gasteiger partial charge in [0.05, 0.1) is 5.02 Å². The number of halogens is 1. The predicted octanol–water partition coefficient (Wildman–Crippen LogP) is 2.92. The summed E-state index contributed by atoms with van der Waals surface area (Å²) in [5.41, 5.74) is -0.0471. The van der Waals surface area contributed by atoms with Gasteiger partial charge >= 0.3 is 0 Å². The second kappa shape index (κ2) is 2.86. The highest BCUT2D eigenvalue weighted by Crippen LogP contribution is 2.47. The maximum atomic E-state index is 10.7. The lowest BCUT2D eigenvalue weighted by Gasteiger charge is -2.03. The number of hydrogen-bond acceptors (Lipinski definition) is 2. The molecule has 0 bridgehead atoms. The fourth-order valence-corrected chi connectivity index (χ4v) is 2.53. The van der Waals surface area contributed by atoms with E-state index in [-0.39, 0.29) is 5.41 Å². The van der Waals surface area contributed by atoms with Crippen molar-refractivity contribution in [2.75, 3.05) is 0 Å². The van der Waals surface area contributed by atoms with Crippen LogP contribution in [0.3, 0.4) is 0 Å². The Balaban J connectivity index is 2.13. The fourth-order valence-electron chi connectivity index (χ4n) is 1.27. The molecule has 0 N–H and O–H groups in total. The Morgan fingerprint density at radius 1 is 1.67 bits per heavy atom. The molecule has 3 heteroatoms. The molecular weight excluding hydrogens is 192 g/mol. The maximum absolute atomic E-state index is 10.7. The van der Waals surface area contributed by atoms with Crippen LogP contribution in [0.25, 0.3) is 0 Å². The summed E-state index contributed by atoms with van der Waals surface area (Å²) in [5.74, 6) is 0. The molecule has 1 saturated carbocycles. The Kier molecular flexibility index (Phi) is 1.97. The van der Waals surface area contributed by atoms with Crippen molar-refractivity contribution in [2.45, 2.75) is 19.3 Å². The van der Waals surface area contributed by atoms with Crippen molar-refractivity contribution in [3.63, 3.8) is 0 Å². The first-order valence-electron chi connectivity index (χ1n) is 3.94. The third-order valence-electron chi connectivity index (χ3n) is 2.35. The Bertz CT molecular complexity index is 301. The summed E-state index contributed by atoms with van der Waals surface area (Å²) in [7, 11) is 0. The Labute approximate surface area is 80.4 Å². The van der Waals surface area contributed by atoms with Gasteiger partial charge in [0.25, 0.3) is 0 Å². The number of carbonyl (C=O) groups excluding carboxylic acids is 1. The second-order valence-electron chi connectivity index (χ2n) is 3.35. The van der Waals surface area contributed by atoms with Gasteiger partial charge in [-0.3, -0.25) is 0 Å². The van der Waals surface area contributed by atoms with Gasteiger partial charge in [-0.1, -0.05) is 11.6 Å². The normalized spacial score (nSPS) is 19.1. The fraction of sp³-hybridized carbons (Fsp3) is 0.444. The van der Waals surface area contributed by atoms with Gasteiger partial charge in [0.15, 0.2) is 0 Å². The highest BCUT2D eigenvalue weighted by Gasteiger charge is 2.43. The molecule has 1 nitrogen and oxygen atoms in total. The van der Waals surface area contributed by atoms with Crippen LogP contribution in [0.15, 0.2) is 11.4 Å². The second-order valence-corrected chi connectivity index (χ2v) is 4.76. The van der Waals surface area contributed by atoms with E-state index in [1.807, 2.05) is 11.4 Å². The van der Waals surface area contributed by atoms with E-state index in [0.717, 1.165) is 35.4 Å². The molecule has 1 aromatic heterocycles. The molecule has 1 aliphatic rings. The van der Waals surface area contributed by atoms with Crippen molar-refractivity contribution in [3.8, 4) is 0 Å². The quantitative estimate of drug-likeness (QED) is 0.686. The molecular formula is C9H9ClOS. The minimum absolute atomic E-state index is 0.0471. The average molecular weight is 201 g/mol. The smallest absolute Gasteiger partial charge is 0.126 e. The zero-order valence-electron chi connectivity index (χ0n) is 6.55. The molecule has 0 aromatic carbocycles. The summed E-state index contributed by atoms with van der Waals surface area (Å²) in [5, 5.41) is 2.78. The predicted molar refractivity (Wildman–Crippen MR) is 50.8 cm³/mol. The lowest BCUT2D eigenvalue weighted by atomic mass is 10.0. The summed E-state index contributed by atoms with van der Waals surface area (Å²) < 4.78 is 0. The molecule has 2 rings (SSSR count). The molecule has 1 aromatic rings. The molecule has 0 saturated heterocycles. The Morgan fingerprint density at radius 2 is 2.42 bits per heavy atom. The zero-order valence-corrected chi connectivity index (χ0v) is 8.12. The van der Waals surface area contributed by atoms with Crippen molar-refractivity contribution in [3.05, 3.63) is 21.3 Å². The van der Waals surface area contributed by atoms with Gasteiger partial charge in [-0.25, -0.2) is 0 Å². The first-order chi connectivity index (χ1) is 5.76. The first-order valence-corrected chi connectivity index (χ1v) is 5.20. The van der Waals surface area contributed by atoms with E-state index in [2.05, 4.69) is 0 Å². The minimum atomic E-state index is -0.0471.